The summed E-state index contributed by atoms with van der Waals surface area (Å²) in [5, 5.41) is 1.52. The van der Waals surface area contributed by atoms with Gasteiger partial charge in [0.25, 0.3) is 0 Å². The number of fused-ring (bicyclic) bond motifs is 1. The summed E-state index contributed by atoms with van der Waals surface area (Å²) in [5.41, 5.74) is 8.17. The SMILES string of the molecule is Cc1ncc(Cl)c2[nH]cc(N)c12. The Labute approximate surface area is 74.5 Å². The summed E-state index contributed by atoms with van der Waals surface area (Å²) in [5.74, 6) is 0. The normalized spacial score (nSPS) is 10.8. The third-order valence-corrected chi connectivity index (χ3v) is 2.17. The molecule has 2 aromatic heterocycles. The standard InChI is InChI=1S/C8H8ClN3/c1-4-7-6(10)3-12-8(7)5(9)2-11-4/h2-3,12H,10H2,1H3. The molecule has 0 saturated carbocycles. The Morgan fingerprint density at radius 3 is 3.00 bits per heavy atom. The molecule has 4 heteroatoms. The van der Waals surface area contributed by atoms with Crippen molar-refractivity contribution >= 4 is 28.2 Å². The maximum atomic E-state index is 5.89. The average Bonchev–Trinajstić information content (AvgIpc) is 2.42. The number of nitrogens with two attached hydrogens (primary N) is 1. The van der Waals surface area contributed by atoms with Gasteiger partial charge >= 0.3 is 0 Å². The van der Waals surface area contributed by atoms with Crippen LogP contribution in [0.1, 0.15) is 5.69 Å². The van der Waals surface area contributed by atoms with Gasteiger partial charge in [0.15, 0.2) is 0 Å². The molecule has 0 aromatic carbocycles. The van der Waals surface area contributed by atoms with Gasteiger partial charge < -0.3 is 10.7 Å². The minimum Gasteiger partial charge on any atom is -0.397 e. The van der Waals surface area contributed by atoms with Crippen LogP contribution in [0.25, 0.3) is 10.9 Å². The maximum Gasteiger partial charge on any atom is 0.0831 e. The van der Waals surface area contributed by atoms with Crippen molar-refractivity contribution in [1.29, 1.82) is 0 Å². The molecule has 0 radical (unpaired) electrons. The van der Waals surface area contributed by atoms with E-state index in [4.69, 9.17) is 17.3 Å². The molecule has 2 aromatic rings. The zero-order chi connectivity index (χ0) is 8.72. The van der Waals surface area contributed by atoms with Gasteiger partial charge in [0.2, 0.25) is 0 Å². The number of halogens is 1. The van der Waals surface area contributed by atoms with Crippen LogP contribution in [-0.2, 0) is 0 Å². The number of rotatable bonds is 0. The van der Waals surface area contributed by atoms with E-state index in [0.29, 0.717) is 10.7 Å². The number of pyridine rings is 1. The second-order valence-electron chi connectivity index (χ2n) is 2.69. The molecule has 12 heavy (non-hydrogen) atoms. The Kier molecular flexibility index (Phi) is 1.48. The molecule has 0 fully saturated rings. The lowest BCUT2D eigenvalue weighted by atomic mass is 10.2. The fourth-order valence-corrected chi connectivity index (χ4v) is 1.50. The van der Waals surface area contributed by atoms with E-state index in [0.717, 1.165) is 16.6 Å². The Morgan fingerprint density at radius 2 is 2.33 bits per heavy atom. The molecule has 3 N–H and O–H groups in total. The molecule has 0 atom stereocenters. The Balaban J connectivity index is 2.98. The summed E-state index contributed by atoms with van der Waals surface area (Å²) >= 11 is 5.89. The Bertz CT molecular complexity index is 433. The lowest BCUT2D eigenvalue weighted by Crippen LogP contribution is -1.86. The predicted octanol–water partition coefficient (Wildman–Crippen LogP) is 2.11. The smallest absolute Gasteiger partial charge is 0.0831 e. The number of aromatic amines is 1. The molecular formula is C8H8ClN3. The number of H-pyrrole nitrogens is 1. The van der Waals surface area contributed by atoms with Gasteiger partial charge in [-0.15, -0.1) is 0 Å². The summed E-state index contributed by atoms with van der Waals surface area (Å²) in [4.78, 5) is 7.11. The summed E-state index contributed by atoms with van der Waals surface area (Å²) in [6.07, 6.45) is 3.35. The fourth-order valence-electron chi connectivity index (χ4n) is 1.30. The second-order valence-corrected chi connectivity index (χ2v) is 3.09. The van der Waals surface area contributed by atoms with Crippen LogP contribution in [0.4, 0.5) is 5.69 Å². The molecule has 2 rings (SSSR count). The molecule has 2 heterocycles. The van der Waals surface area contributed by atoms with Crippen LogP contribution in [-0.4, -0.2) is 9.97 Å². The predicted molar refractivity (Wildman–Crippen MR) is 50.3 cm³/mol. The van der Waals surface area contributed by atoms with Gasteiger partial charge in [-0.1, -0.05) is 11.6 Å². The van der Waals surface area contributed by atoms with Gasteiger partial charge in [0, 0.05) is 23.5 Å². The van der Waals surface area contributed by atoms with Crippen molar-refractivity contribution in [2.24, 2.45) is 0 Å². The van der Waals surface area contributed by atoms with Crippen molar-refractivity contribution < 1.29 is 0 Å². The summed E-state index contributed by atoms with van der Waals surface area (Å²) in [6.45, 7) is 1.91. The molecule has 3 nitrogen and oxygen atoms in total. The summed E-state index contributed by atoms with van der Waals surface area (Å²) < 4.78 is 0. The molecule has 0 amide bonds. The quantitative estimate of drug-likeness (QED) is 0.654. The molecule has 0 aliphatic carbocycles. The van der Waals surface area contributed by atoms with Crippen molar-refractivity contribution in [3.05, 3.63) is 23.1 Å². The number of nitrogen functional groups attached to an aromatic ring is 1. The van der Waals surface area contributed by atoms with E-state index in [1.165, 1.54) is 0 Å². The highest BCUT2D eigenvalue weighted by Crippen LogP contribution is 2.27. The summed E-state index contributed by atoms with van der Waals surface area (Å²) in [6, 6.07) is 0. The van der Waals surface area contributed by atoms with Crippen LogP contribution < -0.4 is 5.73 Å². The van der Waals surface area contributed by atoms with E-state index >= 15 is 0 Å². The van der Waals surface area contributed by atoms with Crippen LogP contribution in [0.5, 0.6) is 0 Å². The highest BCUT2D eigenvalue weighted by Gasteiger charge is 2.07. The minimum atomic E-state index is 0.604. The van der Waals surface area contributed by atoms with Crippen LogP contribution in [0.3, 0.4) is 0 Å². The molecule has 0 aliphatic heterocycles. The zero-order valence-corrected chi connectivity index (χ0v) is 7.31. The van der Waals surface area contributed by atoms with Gasteiger partial charge in [-0.2, -0.15) is 0 Å². The van der Waals surface area contributed by atoms with Crippen LogP contribution in [0, 0.1) is 6.92 Å². The number of aryl methyl sites for hydroxylation is 1. The molecule has 0 spiro atoms. The van der Waals surface area contributed by atoms with Crippen molar-refractivity contribution in [2.75, 3.05) is 5.73 Å². The average molecular weight is 182 g/mol. The molecule has 62 valence electrons. The van der Waals surface area contributed by atoms with E-state index in [9.17, 15) is 0 Å². The largest absolute Gasteiger partial charge is 0.397 e. The van der Waals surface area contributed by atoms with Crippen molar-refractivity contribution in [3.63, 3.8) is 0 Å². The zero-order valence-electron chi connectivity index (χ0n) is 6.56. The molecule has 0 bridgehead atoms. The molecular weight excluding hydrogens is 174 g/mol. The maximum absolute atomic E-state index is 5.89. The van der Waals surface area contributed by atoms with E-state index in [-0.39, 0.29) is 0 Å². The molecule has 0 unspecified atom stereocenters. The highest BCUT2D eigenvalue weighted by molar-refractivity contribution is 6.35. The van der Waals surface area contributed by atoms with E-state index in [1.807, 2.05) is 6.92 Å². The number of nitrogens with one attached hydrogen (secondary N) is 1. The van der Waals surface area contributed by atoms with Gasteiger partial charge in [-0.3, -0.25) is 4.98 Å². The number of anilines is 1. The number of aromatic nitrogens is 2. The first-order chi connectivity index (χ1) is 5.70. The third kappa shape index (κ3) is 0.865. The van der Waals surface area contributed by atoms with Gasteiger partial charge in [-0.25, -0.2) is 0 Å². The Morgan fingerprint density at radius 1 is 1.58 bits per heavy atom. The van der Waals surface area contributed by atoms with Gasteiger partial charge in [0.05, 0.1) is 16.2 Å². The van der Waals surface area contributed by atoms with E-state index < -0.39 is 0 Å². The van der Waals surface area contributed by atoms with Gasteiger partial charge in [-0.05, 0) is 6.92 Å². The topological polar surface area (TPSA) is 54.7 Å². The number of hydrogen-bond donors (Lipinski definition) is 2. The van der Waals surface area contributed by atoms with Crippen LogP contribution >= 0.6 is 11.6 Å². The van der Waals surface area contributed by atoms with Gasteiger partial charge in [0.1, 0.15) is 0 Å². The fraction of sp³-hybridized carbons (Fsp3) is 0.125. The summed E-state index contributed by atoms with van der Waals surface area (Å²) in [7, 11) is 0. The first-order valence-electron chi connectivity index (χ1n) is 3.58. The lowest BCUT2D eigenvalue weighted by molar-refractivity contribution is 1.24. The van der Waals surface area contributed by atoms with Crippen molar-refractivity contribution in [2.45, 2.75) is 6.92 Å². The monoisotopic (exact) mass is 181 g/mol. The Hall–Kier alpha value is -1.22. The van der Waals surface area contributed by atoms with E-state index in [2.05, 4.69) is 9.97 Å². The molecule has 0 saturated heterocycles. The lowest BCUT2D eigenvalue weighted by Gasteiger charge is -1.97. The second kappa shape index (κ2) is 2.38. The number of nitrogens with zero attached hydrogens (tertiary/aromatic N) is 1. The van der Waals surface area contributed by atoms with Crippen LogP contribution in [0.15, 0.2) is 12.4 Å². The minimum absolute atomic E-state index is 0.604. The van der Waals surface area contributed by atoms with Crippen LogP contribution in [0.2, 0.25) is 5.02 Å². The molecule has 0 aliphatic rings. The van der Waals surface area contributed by atoms with Crippen molar-refractivity contribution in [1.82, 2.24) is 9.97 Å². The first kappa shape index (κ1) is 7.43. The number of hydrogen-bond acceptors (Lipinski definition) is 2. The third-order valence-electron chi connectivity index (χ3n) is 1.88. The van der Waals surface area contributed by atoms with Crippen molar-refractivity contribution in [3.8, 4) is 0 Å². The highest BCUT2D eigenvalue weighted by atomic mass is 35.5. The first-order valence-corrected chi connectivity index (χ1v) is 3.95. The van der Waals surface area contributed by atoms with E-state index in [1.54, 1.807) is 12.4 Å².